The number of carboxylic acids is 1. The summed E-state index contributed by atoms with van der Waals surface area (Å²) in [7, 11) is 0. The lowest BCUT2D eigenvalue weighted by molar-refractivity contribution is -0.145. The van der Waals surface area contributed by atoms with E-state index < -0.39 is 5.97 Å². The molecule has 7 nitrogen and oxygen atoms in total. The van der Waals surface area contributed by atoms with E-state index >= 15 is 0 Å². The topological polar surface area (TPSA) is 106 Å². The molecule has 1 saturated heterocycles. The molecule has 7 heteroatoms. The largest absolute Gasteiger partial charge is 0.481 e. The summed E-state index contributed by atoms with van der Waals surface area (Å²) in [5, 5.41) is 12.2. The van der Waals surface area contributed by atoms with Crippen LogP contribution < -0.4 is 0 Å². The Bertz CT molecular complexity index is 330. The number of rotatable bonds is 5. The first-order valence-corrected chi connectivity index (χ1v) is 5.66. The summed E-state index contributed by atoms with van der Waals surface area (Å²) in [5.41, 5.74) is 8.07. The Morgan fingerprint density at radius 1 is 1.41 bits per heavy atom. The summed E-state index contributed by atoms with van der Waals surface area (Å²) < 4.78 is 0. The molecule has 1 N–H and O–H groups in total. The predicted octanol–water partition coefficient (Wildman–Crippen LogP) is 1.40. The highest BCUT2D eigenvalue weighted by atomic mass is 16.4. The molecule has 1 heterocycles. The fraction of sp³-hybridized carbons (Fsp3) is 0.800. The number of carboxylic acid groups (broad SMARTS) is 1. The van der Waals surface area contributed by atoms with E-state index in [1.165, 1.54) is 0 Å². The van der Waals surface area contributed by atoms with Crippen molar-refractivity contribution < 1.29 is 14.7 Å². The molecule has 0 spiro atoms. The molecule has 0 aliphatic carbocycles. The van der Waals surface area contributed by atoms with E-state index in [0.29, 0.717) is 45.3 Å². The van der Waals surface area contributed by atoms with Gasteiger partial charge in [0.25, 0.3) is 0 Å². The van der Waals surface area contributed by atoms with Gasteiger partial charge in [-0.05, 0) is 24.8 Å². The number of carbonyl (C=O) groups is 2. The van der Waals surface area contributed by atoms with Crippen LogP contribution in [0.1, 0.15) is 25.7 Å². The Kier molecular flexibility index (Phi) is 5.29. The van der Waals surface area contributed by atoms with E-state index in [1.807, 2.05) is 0 Å². The van der Waals surface area contributed by atoms with Gasteiger partial charge in [-0.25, -0.2) is 0 Å². The maximum atomic E-state index is 11.7. The smallest absolute Gasteiger partial charge is 0.306 e. The molecule has 94 valence electrons. The first-order valence-electron chi connectivity index (χ1n) is 5.66. The quantitative estimate of drug-likeness (QED) is 0.339. The monoisotopic (exact) mass is 240 g/mol. The minimum Gasteiger partial charge on any atom is -0.481 e. The molecule has 1 fully saturated rings. The summed E-state index contributed by atoms with van der Waals surface area (Å²) in [5.74, 6) is -1.08. The summed E-state index contributed by atoms with van der Waals surface area (Å²) in [6, 6.07) is 0. The molecule has 0 atom stereocenters. The van der Waals surface area contributed by atoms with Gasteiger partial charge in [-0.15, -0.1) is 0 Å². The maximum absolute atomic E-state index is 11.7. The van der Waals surface area contributed by atoms with Crippen molar-refractivity contribution in [3.63, 3.8) is 0 Å². The van der Waals surface area contributed by atoms with Crippen molar-refractivity contribution in [3.05, 3.63) is 10.4 Å². The third kappa shape index (κ3) is 4.32. The molecule has 0 aromatic rings. The van der Waals surface area contributed by atoms with Crippen molar-refractivity contribution in [1.29, 1.82) is 0 Å². The van der Waals surface area contributed by atoms with Crippen molar-refractivity contribution in [2.45, 2.75) is 25.7 Å². The Labute approximate surface area is 99.0 Å². The van der Waals surface area contributed by atoms with Crippen LogP contribution in [-0.2, 0) is 9.59 Å². The van der Waals surface area contributed by atoms with Gasteiger partial charge in [-0.3, -0.25) is 9.59 Å². The van der Waals surface area contributed by atoms with Crippen molar-refractivity contribution in [3.8, 4) is 0 Å². The molecule has 1 aliphatic heterocycles. The molecule has 0 saturated carbocycles. The highest BCUT2D eigenvalue weighted by Gasteiger charge is 2.26. The molecule has 0 aromatic heterocycles. The summed E-state index contributed by atoms with van der Waals surface area (Å²) in [6.45, 7) is 1.35. The predicted molar refractivity (Wildman–Crippen MR) is 60.2 cm³/mol. The lowest BCUT2D eigenvalue weighted by atomic mass is 9.97. The number of azide groups is 1. The zero-order valence-electron chi connectivity index (χ0n) is 9.58. The van der Waals surface area contributed by atoms with Crippen LogP contribution in [0.5, 0.6) is 0 Å². The lowest BCUT2D eigenvalue weighted by Crippen LogP contribution is -2.40. The number of aliphatic carboxylic acids is 1. The second kappa shape index (κ2) is 6.75. The van der Waals surface area contributed by atoms with Crippen molar-refractivity contribution >= 4 is 11.9 Å². The zero-order valence-corrected chi connectivity index (χ0v) is 9.58. The summed E-state index contributed by atoms with van der Waals surface area (Å²) in [4.78, 5) is 26.7. The van der Waals surface area contributed by atoms with Gasteiger partial charge in [0.05, 0.1) is 5.92 Å². The van der Waals surface area contributed by atoms with E-state index in [9.17, 15) is 9.59 Å². The standard InChI is InChI=1S/C10H16N4O3/c11-13-12-5-1-2-9(15)14-6-3-8(4-7-14)10(16)17/h8H,1-7H2,(H,16,17). The van der Waals surface area contributed by atoms with Crippen molar-refractivity contribution in [2.75, 3.05) is 19.6 Å². The first kappa shape index (κ1) is 13.3. The molecule has 1 rings (SSSR count). The van der Waals surface area contributed by atoms with Gasteiger partial charge in [0.15, 0.2) is 0 Å². The second-order valence-corrected chi connectivity index (χ2v) is 4.05. The number of likely N-dealkylation sites (tertiary alicyclic amines) is 1. The van der Waals surface area contributed by atoms with Gasteiger partial charge < -0.3 is 10.0 Å². The molecular weight excluding hydrogens is 224 g/mol. The fourth-order valence-electron chi connectivity index (χ4n) is 1.88. The van der Waals surface area contributed by atoms with E-state index in [2.05, 4.69) is 10.0 Å². The summed E-state index contributed by atoms with van der Waals surface area (Å²) >= 11 is 0. The zero-order chi connectivity index (χ0) is 12.7. The fourth-order valence-corrected chi connectivity index (χ4v) is 1.88. The number of nitrogens with zero attached hydrogens (tertiary/aromatic N) is 4. The van der Waals surface area contributed by atoms with Gasteiger partial charge in [-0.2, -0.15) is 0 Å². The van der Waals surface area contributed by atoms with Crippen LogP contribution >= 0.6 is 0 Å². The maximum Gasteiger partial charge on any atom is 0.306 e. The van der Waals surface area contributed by atoms with E-state index in [0.717, 1.165) is 0 Å². The Morgan fingerprint density at radius 3 is 2.59 bits per heavy atom. The van der Waals surface area contributed by atoms with Gasteiger partial charge in [-0.1, -0.05) is 5.11 Å². The molecule has 0 unspecified atom stereocenters. The van der Waals surface area contributed by atoms with Crippen LogP contribution in [0.25, 0.3) is 10.4 Å². The van der Waals surface area contributed by atoms with E-state index in [-0.39, 0.29) is 11.8 Å². The van der Waals surface area contributed by atoms with Crippen LogP contribution in [0.3, 0.4) is 0 Å². The Morgan fingerprint density at radius 2 is 2.06 bits per heavy atom. The lowest BCUT2D eigenvalue weighted by Gasteiger charge is -2.30. The van der Waals surface area contributed by atoms with Gasteiger partial charge in [0.1, 0.15) is 0 Å². The van der Waals surface area contributed by atoms with Gasteiger partial charge in [0, 0.05) is 31.0 Å². The highest BCUT2D eigenvalue weighted by molar-refractivity contribution is 5.77. The molecule has 1 aliphatic rings. The average Bonchev–Trinajstić information content (AvgIpc) is 2.34. The third-order valence-electron chi connectivity index (χ3n) is 2.91. The van der Waals surface area contributed by atoms with Crippen LogP contribution in [0.4, 0.5) is 0 Å². The minimum atomic E-state index is -0.777. The van der Waals surface area contributed by atoms with Gasteiger partial charge >= 0.3 is 5.97 Å². The Balaban J connectivity index is 2.26. The van der Waals surface area contributed by atoms with Gasteiger partial charge in [0.2, 0.25) is 5.91 Å². The third-order valence-corrected chi connectivity index (χ3v) is 2.91. The number of piperidine rings is 1. The second-order valence-electron chi connectivity index (χ2n) is 4.05. The minimum absolute atomic E-state index is 0.0157. The normalized spacial score (nSPS) is 16.4. The number of hydrogen-bond acceptors (Lipinski definition) is 3. The van der Waals surface area contributed by atoms with Crippen LogP contribution in [0.2, 0.25) is 0 Å². The highest BCUT2D eigenvalue weighted by Crippen LogP contribution is 2.18. The number of carbonyl (C=O) groups excluding carboxylic acids is 1. The number of amides is 1. The Hall–Kier alpha value is -1.75. The molecule has 1 amide bonds. The van der Waals surface area contributed by atoms with Crippen LogP contribution in [-0.4, -0.2) is 41.5 Å². The molecule has 0 bridgehead atoms. The van der Waals surface area contributed by atoms with E-state index in [1.54, 1.807) is 4.90 Å². The molecular formula is C10H16N4O3. The average molecular weight is 240 g/mol. The van der Waals surface area contributed by atoms with E-state index in [4.69, 9.17) is 10.6 Å². The van der Waals surface area contributed by atoms with Crippen molar-refractivity contribution in [2.24, 2.45) is 11.0 Å². The van der Waals surface area contributed by atoms with Crippen LogP contribution in [0, 0.1) is 5.92 Å². The van der Waals surface area contributed by atoms with Crippen molar-refractivity contribution in [1.82, 2.24) is 4.90 Å². The summed E-state index contributed by atoms with van der Waals surface area (Å²) in [6.07, 6.45) is 1.95. The first-order chi connectivity index (χ1) is 8.15. The molecule has 0 radical (unpaired) electrons. The molecule has 0 aromatic carbocycles. The number of hydrogen-bond donors (Lipinski definition) is 1. The SMILES string of the molecule is [N-]=[N+]=NCCCC(=O)N1CCC(C(=O)O)CC1. The molecule has 17 heavy (non-hydrogen) atoms. The van der Waals surface area contributed by atoms with Crippen LogP contribution in [0.15, 0.2) is 5.11 Å².